The number of unbranched alkanes of at least 4 members (excludes halogenated alkanes) is 1. The Bertz CT molecular complexity index is 544. The number of benzene rings is 2. The van der Waals surface area contributed by atoms with Crippen LogP contribution in [0.2, 0.25) is 0 Å². The molecule has 0 saturated heterocycles. The van der Waals surface area contributed by atoms with E-state index >= 15 is 0 Å². The normalized spacial score (nSPS) is 10.6. The molecule has 0 aliphatic heterocycles. The molecule has 0 saturated carbocycles. The molecule has 3 N–H and O–H groups in total. The Hall–Kier alpha value is -1.83. The van der Waals surface area contributed by atoms with Crippen molar-refractivity contribution in [2.24, 2.45) is 5.73 Å². The van der Waals surface area contributed by atoms with Gasteiger partial charge in [-0.1, -0.05) is 49.7 Å². The minimum atomic E-state index is 0.174. The summed E-state index contributed by atoms with van der Waals surface area (Å²) in [5.74, 6) is 0.174. The molecule has 0 spiro atoms. The molecule has 88 valence electrons. The minimum Gasteiger partial charge on any atom is -0.384 e. The monoisotopic (exact) mass is 226 g/mol. The largest absolute Gasteiger partial charge is 0.384 e. The molecule has 0 atom stereocenters. The van der Waals surface area contributed by atoms with Crippen LogP contribution in [-0.2, 0) is 6.42 Å². The van der Waals surface area contributed by atoms with Crippen LogP contribution in [0.25, 0.3) is 10.8 Å². The number of nitrogens with one attached hydrogen (secondary N) is 1. The van der Waals surface area contributed by atoms with E-state index in [1.54, 1.807) is 0 Å². The fraction of sp³-hybridized carbons (Fsp3) is 0.267. The topological polar surface area (TPSA) is 49.9 Å². The van der Waals surface area contributed by atoms with Gasteiger partial charge < -0.3 is 5.73 Å². The Morgan fingerprint density at radius 3 is 2.65 bits per heavy atom. The molecule has 0 aliphatic carbocycles. The van der Waals surface area contributed by atoms with Gasteiger partial charge in [0.15, 0.2) is 0 Å². The highest BCUT2D eigenvalue weighted by molar-refractivity contribution is 6.08. The Morgan fingerprint density at radius 1 is 1.18 bits per heavy atom. The molecular formula is C15H18N2. The maximum atomic E-state index is 7.77. The molecule has 0 bridgehead atoms. The lowest BCUT2D eigenvalue weighted by atomic mass is 9.95. The average molecular weight is 226 g/mol. The highest BCUT2D eigenvalue weighted by Gasteiger charge is 2.09. The van der Waals surface area contributed by atoms with Gasteiger partial charge in [0, 0.05) is 5.56 Å². The van der Waals surface area contributed by atoms with E-state index in [1.165, 1.54) is 5.56 Å². The van der Waals surface area contributed by atoms with E-state index in [1.807, 2.05) is 18.2 Å². The van der Waals surface area contributed by atoms with Gasteiger partial charge in [-0.3, -0.25) is 5.41 Å². The molecular weight excluding hydrogens is 208 g/mol. The number of nitrogen functional groups attached to an aromatic ring is 1. The minimum absolute atomic E-state index is 0.174. The fourth-order valence-corrected chi connectivity index (χ4v) is 2.21. The fourth-order valence-electron chi connectivity index (χ4n) is 2.21. The van der Waals surface area contributed by atoms with Gasteiger partial charge in [-0.2, -0.15) is 0 Å². The van der Waals surface area contributed by atoms with Crippen molar-refractivity contribution in [3.8, 4) is 0 Å². The lowest BCUT2D eigenvalue weighted by Crippen LogP contribution is -2.14. The summed E-state index contributed by atoms with van der Waals surface area (Å²) in [6.07, 6.45) is 3.29. The molecule has 2 rings (SSSR count). The molecule has 2 nitrogen and oxygen atoms in total. The molecule has 0 unspecified atom stereocenters. The average Bonchev–Trinajstić information content (AvgIpc) is 2.35. The zero-order chi connectivity index (χ0) is 12.3. The number of hydrogen-bond donors (Lipinski definition) is 2. The molecule has 2 heteroatoms. The van der Waals surface area contributed by atoms with Crippen molar-refractivity contribution in [1.29, 1.82) is 5.41 Å². The van der Waals surface area contributed by atoms with E-state index in [0.29, 0.717) is 0 Å². The van der Waals surface area contributed by atoms with Crippen LogP contribution in [-0.4, -0.2) is 5.84 Å². The summed E-state index contributed by atoms with van der Waals surface area (Å²) >= 11 is 0. The lowest BCUT2D eigenvalue weighted by molar-refractivity contribution is 0.795. The van der Waals surface area contributed by atoms with E-state index in [4.69, 9.17) is 11.1 Å². The second-order valence-corrected chi connectivity index (χ2v) is 4.34. The molecule has 0 radical (unpaired) electrons. The van der Waals surface area contributed by atoms with Crippen LogP contribution in [0.4, 0.5) is 0 Å². The lowest BCUT2D eigenvalue weighted by Gasteiger charge is -2.11. The van der Waals surface area contributed by atoms with E-state index in [9.17, 15) is 0 Å². The first-order chi connectivity index (χ1) is 8.24. The van der Waals surface area contributed by atoms with Crippen LogP contribution in [0.15, 0.2) is 36.4 Å². The summed E-state index contributed by atoms with van der Waals surface area (Å²) in [6.45, 7) is 2.18. The van der Waals surface area contributed by atoms with Crippen molar-refractivity contribution >= 4 is 16.6 Å². The second-order valence-electron chi connectivity index (χ2n) is 4.34. The molecule has 0 heterocycles. The molecule has 0 fully saturated rings. The number of amidine groups is 1. The first-order valence-electron chi connectivity index (χ1n) is 6.09. The number of nitrogens with two attached hydrogens (primary N) is 1. The Kier molecular flexibility index (Phi) is 3.43. The van der Waals surface area contributed by atoms with Gasteiger partial charge in [-0.25, -0.2) is 0 Å². The third-order valence-corrected chi connectivity index (χ3v) is 3.08. The van der Waals surface area contributed by atoms with E-state index in [0.717, 1.165) is 35.6 Å². The summed E-state index contributed by atoms with van der Waals surface area (Å²) in [6, 6.07) is 12.3. The van der Waals surface area contributed by atoms with Crippen molar-refractivity contribution in [2.45, 2.75) is 26.2 Å². The number of hydrogen-bond acceptors (Lipinski definition) is 1. The molecule has 17 heavy (non-hydrogen) atoms. The van der Waals surface area contributed by atoms with Crippen LogP contribution in [0.1, 0.15) is 30.9 Å². The Morgan fingerprint density at radius 2 is 1.94 bits per heavy atom. The van der Waals surface area contributed by atoms with Gasteiger partial charge in [0.25, 0.3) is 0 Å². The van der Waals surface area contributed by atoms with E-state index in [-0.39, 0.29) is 5.84 Å². The van der Waals surface area contributed by atoms with Crippen molar-refractivity contribution in [2.75, 3.05) is 0 Å². The number of aryl methyl sites for hydroxylation is 1. The van der Waals surface area contributed by atoms with Crippen LogP contribution in [0.5, 0.6) is 0 Å². The van der Waals surface area contributed by atoms with Crippen molar-refractivity contribution in [3.63, 3.8) is 0 Å². The zero-order valence-corrected chi connectivity index (χ0v) is 10.2. The molecule has 2 aromatic carbocycles. The predicted octanol–water partition coefficient (Wildman–Crippen LogP) is 3.47. The molecule has 0 aromatic heterocycles. The maximum Gasteiger partial charge on any atom is 0.123 e. The van der Waals surface area contributed by atoms with Gasteiger partial charge >= 0.3 is 0 Å². The number of fused-ring (bicyclic) bond motifs is 1. The quantitative estimate of drug-likeness (QED) is 0.608. The van der Waals surface area contributed by atoms with Crippen molar-refractivity contribution in [3.05, 3.63) is 47.5 Å². The van der Waals surface area contributed by atoms with Gasteiger partial charge in [0.05, 0.1) is 0 Å². The second kappa shape index (κ2) is 5.00. The summed E-state index contributed by atoms with van der Waals surface area (Å²) in [5, 5.41) is 10.0. The van der Waals surface area contributed by atoms with Crippen LogP contribution < -0.4 is 5.73 Å². The highest BCUT2D eigenvalue weighted by atomic mass is 14.7. The van der Waals surface area contributed by atoms with E-state index in [2.05, 4.69) is 25.1 Å². The number of rotatable bonds is 4. The summed E-state index contributed by atoms with van der Waals surface area (Å²) in [4.78, 5) is 0. The standard InChI is InChI=1S/C15H18N2/c1-2-3-6-12-10-9-11-7-4-5-8-13(11)14(12)15(16)17/h4-5,7-10H,2-3,6H2,1H3,(H3,16,17). The summed E-state index contributed by atoms with van der Waals surface area (Å²) in [7, 11) is 0. The first kappa shape index (κ1) is 11.6. The Labute approximate surface area is 102 Å². The summed E-state index contributed by atoms with van der Waals surface area (Å²) in [5.41, 5.74) is 7.84. The van der Waals surface area contributed by atoms with Gasteiger partial charge in [0.1, 0.15) is 5.84 Å². The van der Waals surface area contributed by atoms with Gasteiger partial charge in [-0.05, 0) is 29.2 Å². The van der Waals surface area contributed by atoms with Crippen LogP contribution >= 0.6 is 0 Å². The maximum absolute atomic E-state index is 7.77. The van der Waals surface area contributed by atoms with Crippen LogP contribution in [0.3, 0.4) is 0 Å². The molecule has 0 aliphatic rings. The van der Waals surface area contributed by atoms with Gasteiger partial charge in [-0.15, -0.1) is 0 Å². The SMILES string of the molecule is CCCCc1ccc2ccccc2c1C(=N)N. The van der Waals surface area contributed by atoms with E-state index < -0.39 is 0 Å². The van der Waals surface area contributed by atoms with Crippen molar-refractivity contribution < 1.29 is 0 Å². The molecule has 0 amide bonds. The zero-order valence-electron chi connectivity index (χ0n) is 10.2. The predicted molar refractivity (Wildman–Crippen MR) is 73.6 cm³/mol. The third-order valence-electron chi connectivity index (χ3n) is 3.08. The highest BCUT2D eigenvalue weighted by Crippen LogP contribution is 2.23. The smallest absolute Gasteiger partial charge is 0.123 e. The van der Waals surface area contributed by atoms with Crippen molar-refractivity contribution in [1.82, 2.24) is 0 Å². The van der Waals surface area contributed by atoms with Gasteiger partial charge in [0.2, 0.25) is 0 Å². The Balaban J connectivity index is 2.60. The summed E-state index contributed by atoms with van der Waals surface area (Å²) < 4.78 is 0. The van der Waals surface area contributed by atoms with Crippen LogP contribution in [0, 0.1) is 5.41 Å². The third kappa shape index (κ3) is 2.31. The first-order valence-corrected chi connectivity index (χ1v) is 6.09. The molecule has 2 aromatic rings.